The fourth-order valence-electron chi connectivity index (χ4n) is 0.881. The van der Waals surface area contributed by atoms with E-state index in [1.165, 1.54) is 17.3 Å². The van der Waals surface area contributed by atoms with Crippen LogP contribution in [0.3, 0.4) is 0 Å². The molecule has 0 saturated carbocycles. The highest BCUT2D eigenvalue weighted by Gasteiger charge is 2.18. The third-order valence-corrected chi connectivity index (χ3v) is 2.70. The predicted molar refractivity (Wildman–Crippen MR) is 68.7 cm³/mol. The molecule has 0 aliphatic carbocycles. The molecule has 15 heavy (non-hydrogen) atoms. The third-order valence-electron chi connectivity index (χ3n) is 1.63. The fourth-order valence-corrected chi connectivity index (χ4v) is 1.79. The SMILES string of the molecule is C=C1SC(=S)NC1=O.Cc1ccccc1. The van der Waals surface area contributed by atoms with Crippen molar-refractivity contribution in [2.75, 3.05) is 0 Å². The molecule has 0 unspecified atom stereocenters. The Bertz CT molecular complexity index is 369. The van der Waals surface area contributed by atoms with Gasteiger partial charge in [-0.2, -0.15) is 0 Å². The molecule has 1 amide bonds. The van der Waals surface area contributed by atoms with E-state index < -0.39 is 0 Å². The minimum Gasteiger partial charge on any atom is -0.307 e. The van der Waals surface area contributed by atoms with Crippen molar-refractivity contribution >= 4 is 34.2 Å². The standard InChI is InChI=1S/C7H8.C4H3NOS2/c1-7-5-3-2-4-6-7;1-2-3(6)5-4(7)8-2/h2-6H,1H3;1H2,(H,5,6,7). The summed E-state index contributed by atoms with van der Waals surface area (Å²) in [6, 6.07) is 10.3. The van der Waals surface area contributed by atoms with Gasteiger partial charge in [0.25, 0.3) is 5.91 Å². The van der Waals surface area contributed by atoms with Gasteiger partial charge in [0.1, 0.15) is 4.32 Å². The smallest absolute Gasteiger partial charge is 0.262 e. The van der Waals surface area contributed by atoms with Crippen molar-refractivity contribution in [2.45, 2.75) is 6.92 Å². The zero-order valence-electron chi connectivity index (χ0n) is 8.32. The normalized spacial score (nSPS) is 14.3. The number of rotatable bonds is 0. The van der Waals surface area contributed by atoms with Crippen molar-refractivity contribution in [3.05, 3.63) is 47.4 Å². The fraction of sp³-hybridized carbons (Fsp3) is 0.0909. The Kier molecular flexibility index (Phi) is 4.52. The third kappa shape index (κ3) is 4.27. The molecule has 1 aromatic rings. The number of hydrogen-bond donors (Lipinski definition) is 1. The lowest BCUT2D eigenvalue weighted by molar-refractivity contribution is -0.115. The van der Waals surface area contributed by atoms with Gasteiger partial charge in [0.05, 0.1) is 4.91 Å². The summed E-state index contributed by atoms with van der Waals surface area (Å²) in [6.07, 6.45) is 0. The summed E-state index contributed by atoms with van der Waals surface area (Å²) in [5, 5.41) is 2.42. The van der Waals surface area contributed by atoms with E-state index in [9.17, 15) is 4.79 Å². The molecular weight excluding hydrogens is 226 g/mol. The summed E-state index contributed by atoms with van der Waals surface area (Å²) in [7, 11) is 0. The summed E-state index contributed by atoms with van der Waals surface area (Å²) < 4.78 is 0.500. The van der Waals surface area contributed by atoms with Crippen LogP contribution in [0.15, 0.2) is 41.8 Å². The molecule has 0 radical (unpaired) electrons. The van der Waals surface area contributed by atoms with E-state index in [4.69, 9.17) is 0 Å². The largest absolute Gasteiger partial charge is 0.307 e. The van der Waals surface area contributed by atoms with Gasteiger partial charge < -0.3 is 5.32 Å². The average Bonchev–Trinajstić information content (AvgIpc) is 2.46. The van der Waals surface area contributed by atoms with Gasteiger partial charge in [-0.05, 0) is 6.92 Å². The van der Waals surface area contributed by atoms with Crippen LogP contribution in [0.2, 0.25) is 0 Å². The maximum absolute atomic E-state index is 10.5. The Morgan fingerprint density at radius 1 is 1.33 bits per heavy atom. The minimum absolute atomic E-state index is 0.167. The minimum atomic E-state index is -0.167. The van der Waals surface area contributed by atoms with Gasteiger partial charge in [-0.15, -0.1) is 0 Å². The number of thiocarbonyl (C=S) groups is 1. The lowest BCUT2D eigenvalue weighted by atomic mass is 10.2. The number of amides is 1. The van der Waals surface area contributed by atoms with E-state index >= 15 is 0 Å². The molecule has 0 bridgehead atoms. The van der Waals surface area contributed by atoms with E-state index in [0.29, 0.717) is 9.23 Å². The molecule has 1 fully saturated rings. The number of carbonyl (C=O) groups excluding carboxylic acids is 1. The first-order valence-electron chi connectivity index (χ1n) is 4.33. The van der Waals surface area contributed by atoms with Crippen molar-refractivity contribution < 1.29 is 4.79 Å². The van der Waals surface area contributed by atoms with Crippen molar-refractivity contribution in [3.8, 4) is 0 Å². The van der Waals surface area contributed by atoms with Gasteiger partial charge in [0.2, 0.25) is 0 Å². The molecule has 2 nitrogen and oxygen atoms in total. The number of hydrogen-bond acceptors (Lipinski definition) is 3. The number of benzene rings is 1. The van der Waals surface area contributed by atoms with Crippen LogP contribution in [0.4, 0.5) is 0 Å². The lowest BCUT2D eigenvalue weighted by Gasteiger charge is -1.82. The van der Waals surface area contributed by atoms with Gasteiger partial charge in [-0.25, -0.2) is 0 Å². The average molecular weight is 237 g/mol. The van der Waals surface area contributed by atoms with Gasteiger partial charge in [-0.3, -0.25) is 4.79 Å². The van der Waals surface area contributed by atoms with Crippen LogP contribution < -0.4 is 5.32 Å². The zero-order valence-corrected chi connectivity index (χ0v) is 9.95. The molecule has 1 aromatic carbocycles. The van der Waals surface area contributed by atoms with Gasteiger partial charge in [0.15, 0.2) is 0 Å². The van der Waals surface area contributed by atoms with Crippen molar-refractivity contribution in [1.29, 1.82) is 0 Å². The van der Waals surface area contributed by atoms with Crippen LogP contribution in [-0.4, -0.2) is 10.2 Å². The van der Waals surface area contributed by atoms with Crippen LogP contribution in [0.1, 0.15) is 5.56 Å². The Hall–Kier alpha value is -1.13. The van der Waals surface area contributed by atoms with Crippen molar-refractivity contribution in [1.82, 2.24) is 5.32 Å². The summed E-state index contributed by atoms with van der Waals surface area (Å²) in [5.74, 6) is -0.167. The van der Waals surface area contributed by atoms with Crippen LogP contribution in [0.5, 0.6) is 0 Å². The Morgan fingerprint density at radius 2 is 1.93 bits per heavy atom. The molecule has 1 N–H and O–H groups in total. The first kappa shape index (κ1) is 11.9. The Morgan fingerprint density at radius 3 is 2.13 bits per heavy atom. The Labute approximate surface area is 98.8 Å². The van der Waals surface area contributed by atoms with Crippen LogP contribution in [0, 0.1) is 6.92 Å². The summed E-state index contributed by atoms with van der Waals surface area (Å²) in [5.41, 5.74) is 1.32. The molecule has 1 saturated heterocycles. The van der Waals surface area contributed by atoms with E-state index in [1.807, 2.05) is 18.2 Å². The number of carbonyl (C=O) groups is 1. The van der Waals surface area contributed by atoms with Crippen LogP contribution in [0.25, 0.3) is 0 Å². The highest BCUT2D eigenvalue weighted by Crippen LogP contribution is 2.20. The second-order valence-corrected chi connectivity index (χ2v) is 4.69. The van der Waals surface area contributed by atoms with E-state index in [2.05, 4.69) is 43.2 Å². The molecule has 1 aliphatic rings. The number of thioether (sulfide) groups is 1. The Balaban J connectivity index is 0.000000151. The van der Waals surface area contributed by atoms with Crippen molar-refractivity contribution in [2.24, 2.45) is 0 Å². The second kappa shape index (κ2) is 5.68. The molecule has 1 heterocycles. The second-order valence-electron chi connectivity index (χ2n) is 2.92. The maximum atomic E-state index is 10.5. The molecule has 2 rings (SSSR count). The van der Waals surface area contributed by atoms with E-state index in [-0.39, 0.29) is 5.91 Å². The molecular formula is C11H11NOS2. The molecule has 78 valence electrons. The highest BCUT2D eigenvalue weighted by atomic mass is 32.2. The summed E-state index contributed by atoms with van der Waals surface area (Å²) in [6.45, 7) is 5.53. The summed E-state index contributed by atoms with van der Waals surface area (Å²) in [4.78, 5) is 10.9. The highest BCUT2D eigenvalue weighted by molar-refractivity contribution is 8.26. The first-order chi connectivity index (χ1) is 7.09. The van der Waals surface area contributed by atoms with Crippen molar-refractivity contribution in [3.63, 3.8) is 0 Å². The number of aryl methyl sites for hydroxylation is 1. The monoisotopic (exact) mass is 237 g/mol. The first-order valence-corrected chi connectivity index (χ1v) is 5.56. The van der Waals surface area contributed by atoms with E-state index in [1.54, 1.807) is 0 Å². The van der Waals surface area contributed by atoms with Gasteiger partial charge in [0, 0.05) is 0 Å². The molecule has 0 aromatic heterocycles. The summed E-state index contributed by atoms with van der Waals surface area (Å²) >= 11 is 5.85. The quantitative estimate of drug-likeness (QED) is 0.555. The molecule has 1 aliphatic heterocycles. The topological polar surface area (TPSA) is 29.1 Å². The lowest BCUT2D eigenvalue weighted by Crippen LogP contribution is -2.17. The molecule has 0 spiro atoms. The number of nitrogens with one attached hydrogen (secondary N) is 1. The molecule has 0 atom stereocenters. The van der Waals surface area contributed by atoms with Crippen LogP contribution >= 0.6 is 24.0 Å². The maximum Gasteiger partial charge on any atom is 0.262 e. The van der Waals surface area contributed by atoms with Crippen LogP contribution in [-0.2, 0) is 4.79 Å². The van der Waals surface area contributed by atoms with Gasteiger partial charge >= 0.3 is 0 Å². The zero-order chi connectivity index (χ0) is 11.3. The molecule has 4 heteroatoms. The predicted octanol–water partition coefficient (Wildman–Crippen LogP) is 2.64. The van der Waals surface area contributed by atoms with Gasteiger partial charge in [-0.1, -0.05) is 66.5 Å². The van der Waals surface area contributed by atoms with E-state index in [0.717, 1.165) is 0 Å².